The van der Waals surface area contributed by atoms with Crippen LogP contribution in [0.15, 0.2) is 36.8 Å². The smallest absolute Gasteiger partial charge is 0.411 e. The average Bonchev–Trinajstić information content (AvgIpc) is 3.06. The molecule has 152 valence electrons. The number of ether oxygens (including phenoxy) is 1. The van der Waals surface area contributed by atoms with Crippen molar-refractivity contribution < 1.29 is 14.3 Å². The van der Waals surface area contributed by atoms with E-state index >= 15 is 0 Å². The lowest BCUT2D eigenvalue weighted by Gasteiger charge is -2.13. The van der Waals surface area contributed by atoms with E-state index in [1.54, 1.807) is 12.3 Å². The maximum Gasteiger partial charge on any atom is 0.411 e. The van der Waals surface area contributed by atoms with Crippen LogP contribution >= 0.6 is 0 Å². The minimum Gasteiger partial charge on any atom is -0.453 e. The topological polar surface area (TPSA) is 96.8 Å². The fraction of sp³-hybridized carbons (Fsp3) is 0.286. The molecule has 0 saturated carbocycles. The highest BCUT2D eigenvalue weighted by Crippen LogP contribution is 2.29. The first-order valence-corrected chi connectivity index (χ1v) is 9.41. The molecule has 0 aliphatic rings. The summed E-state index contributed by atoms with van der Waals surface area (Å²) in [6.45, 7) is 6.51. The largest absolute Gasteiger partial charge is 0.453 e. The van der Waals surface area contributed by atoms with Crippen molar-refractivity contribution in [2.24, 2.45) is 0 Å². The Labute approximate surface area is 169 Å². The number of amides is 2. The Balaban J connectivity index is 1.97. The first kappa shape index (κ1) is 20.2. The molecule has 0 radical (unpaired) electrons. The molecule has 0 spiro atoms. The minimum absolute atomic E-state index is 0.0977. The Morgan fingerprint density at radius 3 is 2.76 bits per heavy atom. The lowest BCUT2D eigenvalue weighted by Crippen LogP contribution is -2.24. The van der Waals surface area contributed by atoms with Crippen molar-refractivity contribution in [3.63, 3.8) is 0 Å². The summed E-state index contributed by atoms with van der Waals surface area (Å²) in [5.41, 5.74) is 4.65. The predicted molar refractivity (Wildman–Crippen MR) is 113 cm³/mol. The number of benzene rings is 1. The number of hydrogen-bond acceptors (Lipinski definition) is 5. The zero-order chi connectivity index (χ0) is 21.0. The Bertz CT molecular complexity index is 1060. The van der Waals surface area contributed by atoms with Crippen LogP contribution < -0.4 is 16.0 Å². The summed E-state index contributed by atoms with van der Waals surface area (Å²) in [6, 6.07) is 5.50. The van der Waals surface area contributed by atoms with Gasteiger partial charge >= 0.3 is 6.09 Å². The second-order valence-electron chi connectivity index (χ2n) is 6.73. The van der Waals surface area contributed by atoms with E-state index in [0.29, 0.717) is 23.6 Å². The van der Waals surface area contributed by atoms with Crippen molar-refractivity contribution in [1.29, 1.82) is 0 Å². The van der Waals surface area contributed by atoms with Crippen molar-refractivity contribution in [1.82, 2.24) is 14.7 Å². The van der Waals surface area contributed by atoms with Crippen molar-refractivity contribution in [2.45, 2.75) is 27.2 Å². The molecule has 0 unspecified atom stereocenters. The van der Waals surface area contributed by atoms with E-state index < -0.39 is 6.09 Å². The minimum atomic E-state index is -0.537. The molecule has 0 aliphatic carbocycles. The maximum atomic E-state index is 12.5. The summed E-state index contributed by atoms with van der Waals surface area (Å²) < 4.78 is 6.53. The molecular formula is C21H25N5O3. The zero-order valence-corrected chi connectivity index (χ0v) is 17.0. The monoisotopic (exact) mass is 395 g/mol. The molecule has 2 amide bonds. The van der Waals surface area contributed by atoms with Gasteiger partial charge in [-0.3, -0.25) is 10.1 Å². The SMILES string of the molecule is CCCNC(=O)c1cn2ccnc(Nc3cc(NC(=O)OC)ccc3C)c2c1C. The lowest BCUT2D eigenvalue weighted by molar-refractivity contribution is 0.0953. The fourth-order valence-electron chi connectivity index (χ4n) is 3.06. The first-order chi connectivity index (χ1) is 13.9. The van der Waals surface area contributed by atoms with Gasteiger partial charge in [0, 0.05) is 36.5 Å². The van der Waals surface area contributed by atoms with Crippen LogP contribution in [0, 0.1) is 13.8 Å². The van der Waals surface area contributed by atoms with Crippen molar-refractivity contribution in [3.05, 3.63) is 53.5 Å². The molecule has 0 fully saturated rings. The van der Waals surface area contributed by atoms with Gasteiger partial charge in [0.05, 0.1) is 18.2 Å². The standard InChI is InChI=1S/C21H25N5O3/c1-5-8-23-20(27)16-12-26-10-9-22-19(18(26)14(16)3)25-17-11-15(7-6-13(17)2)24-21(28)29-4/h6-7,9-12H,5,8H2,1-4H3,(H,22,25)(H,23,27)(H,24,28). The van der Waals surface area contributed by atoms with Crippen molar-refractivity contribution in [2.75, 3.05) is 24.3 Å². The molecule has 3 aromatic rings. The number of aryl methyl sites for hydroxylation is 2. The second kappa shape index (κ2) is 8.64. The van der Waals surface area contributed by atoms with Gasteiger partial charge in [0.1, 0.15) is 0 Å². The predicted octanol–water partition coefficient (Wildman–Crippen LogP) is 4.01. The van der Waals surface area contributed by atoms with Gasteiger partial charge in [0.15, 0.2) is 5.82 Å². The number of fused-ring (bicyclic) bond motifs is 1. The third-order valence-corrected chi connectivity index (χ3v) is 4.64. The van der Waals surface area contributed by atoms with Gasteiger partial charge in [-0.2, -0.15) is 0 Å². The Morgan fingerprint density at radius 1 is 1.24 bits per heavy atom. The van der Waals surface area contributed by atoms with E-state index in [1.165, 1.54) is 7.11 Å². The molecule has 3 rings (SSSR count). The van der Waals surface area contributed by atoms with Crippen molar-refractivity contribution in [3.8, 4) is 0 Å². The van der Waals surface area contributed by atoms with Crippen LogP contribution in [0.4, 0.5) is 22.0 Å². The molecule has 0 aliphatic heterocycles. The molecule has 0 bridgehead atoms. The van der Waals surface area contributed by atoms with Crippen LogP contribution in [0.2, 0.25) is 0 Å². The number of nitrogens with zero attached hydrogens (tertiary/aromatic N) is 2. The Hall–Kier alpha value is -3.55. The highest BCUT2D eigenvalue weighted by molar-refractivity contribution is 5.99. The maximum absolute atomic E-state index is 12.5. The molecule has 3 N–H and O–H groups in total. The van der Waals surface area contributed by atoms with E-state index in [-0.39, 0.29) is 5.91 Å². The van der Waals surface area contributed by atoms with Gasteiger partial charge in [-0.1, -0.05) is 13.0 Å². The Morgan fingerprint density at radius 2 is 2.03 bits per heavy atom. The van der Waals surface area contributed by atoms with Crippen molar-refractivity contribution >= 4 is 34.7 Å². The van der Waals surface area contributed by atoms with Gasteiger partial charge in [0.25, 0.3) is 5.91 Å². The summed E-state index contributed by atoms with van der Waals surface area (Å²) in [6.07, 6.45) is 5.64. The molecule has 1 aromatic carbocycles. The van der Waals surface area contributed by atoms with Crippen LogP contribution in [-0.4, -0.2) is 35.0 Å². The summed E-state index contributed by atoms with van der Waals surface area (Å²) in [7, 11) is 1.32. The van der Waals surface area contributed by atoms with Gasteiger partial charge in [0.2, 0.25) is 0 Å². The van der Waals surface area contributed by atoms with Crippen LogP contribution in [0.1, 0.15) is 34.8 Å². The van der Waals surface area contributed by atoms with Crippen LogP contribution in [0.25, 0.3) is 5.52 Å². The number of anilines is 3. The molecule has 2 heterocycles. The molecule has 2 aromatic heterocycles. The van der Waals surface area contributed by atoms with E-state index in [9.17, 15) is 9.59 Å². The number of carbonyl (C=O) groups is 2. The van der Waals surface area contributed by atoms with Crippen LogP contribution in [0.5, 0.6) is 0 Å². The molecule has 8 heteroatoms. The van der Waals surface area contributed by atoms with E-state index in [2.05, 4.69) is 25.7 Å². The van der Waals surface area contributed by atoms with Crippen LogP contribution in [-0.2, 0) is 4.74 Å². The third-order valence-electron chi connectivity index (χ3n) is 4.64. The van der Waals surface area contributed by atoms with Gasteiger partial charge < -0.3 is 19.8 Å². The summed E-state index contributed by atoms with van der Waals surface area (Å²) in [4.78, 5) is 28.4. The highest BCUT2D eigenvalue weighted by atomic mass is 16.5. The highest BCUT2D eigenvalue weighted by Gasteiger charge is 2.17. The molecule has 8 nitrogen and oxygen atoms in total. The number of hydrogen-bond donors (Lipinski definition) is 3. The molecule has 0 saturated heterocycles. The number of carbonyl (C=O) groups excluding carboxylic acids is 2. The number of methoxy groups -OCH3 is 1. The number of nitrogens with one attached hydrogen (secondary N) is 3. The Kier molecular flexibility index (Phi) is 6.01. The van der Waals surface area contributed by atoms with Crippen LogP contribution in [0.3, 0.4) is 0 Å². The number of aromatic nitrogens is 2. The molecular weight excluding hydrogens is 370 g/mol. The van der Waals surface area contributed by atoms with E-state index in [0.717, 1.165) is 28.8 Å². The first-order valence-electron chi connectivity index (χ1n) is 9.41. The normalized spacial score (nSPS) is 10.6. The van der Waals surface area contributed by atoms with E-state index in [1.807, 2.05) is 49.7 Å². The summed E-state index contributed by atoms with van der Waals surface area (Å²) >= 11 is 0. The van der Waals surface area contributed by atoms with E-state index in [4.69, 9.17) is 0 Å². The van der Waals surface area contributed by atoms with Gasteiger partial charge in [-0.15, -0.1) is 0 Å². The van der Waals surface area contributed by atoms with Gasteiger partial charge in [-0.25, -0.2) is 9.78 Å². The summed E-state index contributed by atoms with van der Waals surface area (Å²) in [5.74, 6) is 0.525. The quantitative estimate of drug-likeness (QED) is 0.586. The lowest BCUT2D eigenvalue weighted by atomic mass is 10.1. The average molecular weight is 395 g/mol. The third kappa shape index (κ3) is 4.31. The molecule has 29 heavy (non-hydrogen) atoms. The van der Waals surface area contributed by atoms with Gasteiger partial charge in [-0.05, 0) is 43.5 Å². The second-order valence-corrected chi connectivity index (χ2v) is 6.73. The molecule has 0 atom stereocenters. The summed E-state index contributed by atoms with van der Waals surface area (Å²) in [5, 5.41) is 8.89. The fourth-order valence-corrected chi connectivity index (χ4v) is 3.06. The number of rotatable bonds is 6. The zero-order valence-electron chi connectivity index (χ0n) is 17.0.